The maximum Gasteiger partial charge on any atom is 0.249 e. The highest BCUT2D eigenvalue weighted by molar-refractivity contribution is 6.33. The zero-order valence-corrected chi connectivity index (χ0v) is 17.2. The maximum atomic E-state index is 12.9. The molecule has 0 bridgehead atoms. The first kappa shape index (κ1) is 20.1. The molecule has 1 fully saturated rings. The Morgan fingerprint density at radius 1 is 1.13 bits per heavy atom. The predicted octanol–water partition coefficient (Wildman–Crippen LogP) is 4.08. The standard InChI is InChI=1S/C22H21ClN4O3/c1-14(28)24-16-8-6-15(7-9-16)12-21(29)27(17-10-11-17)13-20-25-26-22(30-20)18-4-2-3-5-19(18)23/h2-9,17H,10-13H2,1H3,(H,24,28). The Morgan fingerprint density at radius 2 is 1.87 bits per heavy atom. The molecule has 1 aliphatic rings. The summed E-state index contributed by atoms with van der Waals surface area (Å²) >= 11 is 6.20. The summed E-state index contributed by atoms with van der Waals surface area (Å²) < 4.78 is 5.77. The van der Waals surface area contributed by atoms with Crippen LogP contribution in [0.15, 0.2) is 52.9 Å². The maximum absolute atomic E-state index is 12.9. The van der Waals surface area contributed by atoms with Gasteiger partial charge in [-0.3, -0.25) is 9.59 Å². The minimum Gasteiger partial charge on any atom is -0.419 e. The first-order valence-electron chi connectivity index (χ1n) is 9.73. The number of hydrogen-bond donors (Lipinski definition) is 1. The van der Waals surface area contributed by atoms with Crippen molar-refractivity contribution in [3.63, 3.8) is 0 Å². The molecule has 0 aliphatic heterocycles. The quantitative estimate of drug-likeness (QED) is 0.617. The third kappa shape index (κ3) is 4.86. The van der Waals surface area contributed by atoms with Gasteiger partial charge in [0, 0.05) is 18.7 Å². The Labute approximate surface area is 179 Å². The SMILES string of the molecule is CC(=O)Nc1ccc(CC(=O)N(Cc2nnc(-c3ccccc3Cl)o2)C2CC2)cc1. The van der Waals surface area contributed by atoms with E-state index in [9.17, 15) is 9.59 Å². The van der Waals surface area contributed by atoms with E-state index < -0.39 is 0 Å². The summed E-state index contributed by atoms with van der Waals surface area (Å²) in [5, 5.41) is 11.4. The molecule has 3 aromatic rings. The first-order valence-corrected chi connectivity index (χ1v) is 10.1. The van der Waals surface area contributed by atoms with Gasteiger partial charge in [-0.2, -0.15) is 0 Å². The third-order valence-corrected chi connectivity index (χ3v) is 5.14. The molecular weight excluding hydrogens is 404 g/mol. The number of hydrogen-bond acceptors (Lipinski definition) is 5. The molecule has 1 saturated carbocycles. The van der Waals surface area contributed by atoms with Crippen LogP contribution >= 0.6 is 11.6 Å². The van der Waals surface area contributed by atoms with Gasteiger partial charge in [-0.1, -0.05) is 35.9 Å². The van der Waals surface area contributed by atoms with Gasteiger partial charge in [-0.05, 0) is 42.7 Å². The van der Waals surface area contributed by atoms with Gasteiger partial charge in [0.25, 0.3) is 0 Å². The second-order valence-electron chi connectivity index (χ2n) is 7.29. The molecule has 1 N–H and O–H groups in total. The number of nitrogens with zero attached hydrogens (tertiary/aromatic N) is 3. The Kier molecular flexibility index (Phi) is 5.81. The summed E-state index contributed by atoms with van der Waals surface area (Å²) in [6.07, 6.45) is 2.21. The molecule has 0 saturated heterocycles. The molecule has 0 radical (unpaired) electrons. The lowest BCUT2D eigenvalue weighted by Gasteiger charge is -2.20. The van der Waals surface area contributed by atoms with Gasteiger partial charge in [0.05, 0.1) is 23.6 Å². The van der Waals surface area contributed by atoms with Crippen molar-refractivity contribution in [2.45, 2.75) is 38.8 Å². The van der Waals surface area contributed by atoms with Crippen molar-refractivity contribution >= 4 is 29.1 Å². The molecule has 154 valence electrons. The van der Waals surface area contributed by atoms with Gasteiger partial charge >= 0.3 is 0 Å². The third-order valence-electron chi connectivity index (χ3n) is 4.81. The number of carbonyl (C=O) groups excluding carboxylic acids is 2. The molecule has 1 heterocycles. The average molecular weight is 425 g/mol. The Bertz CT molecular complexity index is 1060. The van der Waals surface area contributed by atoms with E-state index >= 15 is 0 Å². The van der Waals surface area contributed by atoms with E-state index in [1.54, 1.807) is 23.1 Å². The fourth-order valence-corrected chi connectivity index (χ4v) is 3.42. The lowest BCUT2D eigenvalue weighted by Crippen LogP contribution is -2.34. The van der Waals surface area contributed by atoms with Gasteiger partial charge in [0.2, 0.25) is 23.6 Å². The van der Waals surface area contributed by atoms with Crippen molar-refractivity contribution in [2.24, 2.45) is 0 Å². The zero-order chi connectivity index (χ0) is 21.1. The van der Waals surface area contributed by atoms with Gasteiger partial charge in [-0.15, -0.1) is 10.2 Å². The molecule has 4 rings (SSSR count). The summed E-state index contributed by atoms with van der Waals surface area (Å²) in [7, 11) is 0. The average Bonchev–Trinajstić information content (AvgIpc) is 3.45. The molecule has 2 amide bonds. The number of rotatable bonds is 7. The van der Waals surface area contributed by atoms with Gasteiger partial charge in [0.1, 0.15) is 0 Å². The van der Waals surface area contributed by atoms with Crippen LogP contribution in [0.3, 0.4) is 0 Å². The van der Waals surface area contributed by atoms with Crippen LogP contribution in [0.25, 0.3) is 11.5 Å². The van der Waals surface area contributed by atoms with Crippen molar-refractivity contribution in [3.8, 4) is 11.5 Å². The molecular formula is C22H21ClN4O3. The number of aromatic nitrogens is 2. The van der Waals surface area contributed by atoms with Gasteiger partial charge in [-0.25, -0.2) is 0 Å². The zero-order valence-electron chi connectivity index (χ0n) is 16.5. The highest BCUT2D eigenvalue weighted by Gasteiger charge is 2.33. The molecule has 30 heavy (non-hydrogen) atoms. The highest BCUT2D eigenvalue weighted by atomic mass is 35.5. The van der Waals surface area contributed by atoms with Crippen molar-refractivity contribution < 1.29 is 14.0 Å². The van der Waals surface area contributed by atoms with E-state index in [1.165, 1.54) is 6.92 Å². The predicted molar refractivity (Wildman–Crippen MR) is 113 cm³/mol. The van der Waals surface area contributed by atoms with E-state index in [-0.39, 0.29) is 30.8 Å². The monoisotopic (exact) mass is 424 g/mol. The number of benzene rings is 2. The molecule has 0 spiro atoms. The van der Waals surface area contributed by atoms with E-state index in [2.05, 4.69) is 15.5 Å². The first-order chi connectivity index (χ1) is 14.5. The topological polar surface area (TPSA) is 88.3 Å². The summed E-state index contributed by atoms with van der Waals surface area (Å²) in [5.41, 5.74) is 2.25. The molecule has 7 nitrogen and oxygen atoms in total. The van der Waals surface area contributed by atoms with Crippen molar-refractivity contribution in [1.82, 2.24) is 15.1 Å². The van der Waals surface area contributed by atoms with Crippen molar-refractivity contribution in [1.29, 1.82) is 0 Å². The van der Waals surface area contributed by atoms with Crippen LogP contribution in [0.4, 0.5) is 5.69 Å². The highest BCUT2D eigenvalue weighted by Crippen LogP contribution is 2.30. The van der Waals surface area contributed by atoms with E-state index in [1.807, 2.05) is 30.3 Å². The van der Waals surface area contributed by atoms with Crippen LogP contribution in [0.1, 0.15) is 31.2 Å². The molecule has 1 aromatic heterocycles. The number of amides is 2. The number of carbonyl (C=O) groups is 2. The largest absolute Gasteiger partial charge is 0.419 e. The number of nitrogens with one attached hydrogen (secondary N) is 1. The van der Waals surface area contributed by atoms with Crippen LogP contribution in [-0.4, -0.2) is 33.0 Å². The smallest absolute Gasteiger partial charge is 0.249 e. The summed E-state index contributed by atoms with van der Waals surface area (Å²) in [6.45, 7) is 1.73. The van der Waals surface area contributed by atoms with Crippen LogP contribution in [0.5, 0.6) is 0 Å². The molecule has 0 atom stereocenters. The molecule has 2 aromatic carbocycles. The van der Waals surface area contributed by atoms with Gasteiger partial charge < -0.3 is 14.6 Å². The van der Waals surface area contributed by atoms with Crippen LogP contribution < -0.4 is 5.32 Å². The van der Waals surface area contributed by atoms with Crippen molar-refractivity contribution in [2.75, 3.05) is 5.32 Å². The normalized spacial score (nSPS) is 13.1. The van der Waals surface area contributed by atoms with Crippen LogP contribution in [-0.2, 0) is 22.6 Å². The molecule has 1 aliphatic carbocycles. The van der Waals surface area contributed by atoms with Crippen LogP contribution in [0.2, 0.25) is 5.02 Å². The Morgan fingerprint density at radius 3 is 2.53 bits per heavy atom. The minimum atomic E-state index is -0.130. The Hall–Kier alpha value is -3.19. The second kappa shape index (κ2) is 8.67. The summed E-state index contributed by atoms with van der Waals surface area (Å²) in [6, 6.07) is 14.7. The Balaban J connectivity index is 1.44. The number of anilines is 1. The lowest BCUT2D eigenvalue weighted by atomic mass is 10.1. The lowest BCUT2D eigenvalue weighted by molar-refractivity contribution is -0.132. The fourth-order valence-electron chi connectivity index (χ4n) is 3.20. The minimum absolute atomic E-state index is 0.00210. The van der Waals surface area contributed by atoms with Gasteiger partial charge in [0.15, 0.2) is 0 Å². The van der Waals surface area contributed by atoms with E-state index in [0.29, 0.717) is 28.1 Å². The second-order valence-corrected chi connectivity index (χ2v) is 7.70. The molecule has 8 heteroatoms. The number of halogens is 1. The van der Waals surface area contributed by atoms with Crippen LogP contribution in [0, 0.1) is 0 Å². The fraction of sp³-hybridized carbons (Fsp3) is 0.273. The summed E-state index contributed by atoms with van der Waals surface area (Å²) in [4.78, 5) is 25.9. The molecule has 0 unspecified atom stereocenters. The van der Waals surface area contributed by atoms with Crippen molar-refractivity contribution in [3.05, 3.63) is 65.0 Å². The summed E-state index contributed by atoms with van der Waals surface area (Å²) in [5.74, 6) is 0.593. The van der Waals surface area contributed by atoms with E-state index in [4.69, 9.17) is 16.0 Å². The van der Waals surface area contributed by atoms with E-state index in [0.717, 1.165) is 18.4 Å².